The monoisotopic (exact) mass is 406 g/mol. The molecule has 1 saturated heterocycles. The molecule has 0 N–H and O–H groups in total. The molecule has 1 fully saturated rings. The van der Waals surface area contributed by atoms with Gasteiger partial charge in [-0.1, -0.05) is 0 Å². The Labute approximate surface area is 140 Å². The van der Waals surface area contributed by atoms with Crippen molar-refractivity contribution >= 4 is 29.9 Å². The molecule has 0 nitrogen and oxygen atoms in total. The topological polar surface area (TPSA) is 0 Å². The van der Waals surface area contributed by atoms with Crippen molar-refractivity contribution in [2.75, 3.05) is 0 Å². The van der Waals surface area contributed by atoms with Crippen molar-refractivity contribution in [1.82, 2.24) is 0 Å². The number of benzene rings is 2. The molecule has 0 aliphatic carbocycles. The first-order valence-electron chi connectivity index (χ1n) is 7.31. The van der Waals surface area contributed by atoms with Gasteiger partial charge < -0.3 is 0 Å². The molecule has 1 aliphatic heterocycles. The summed E-state index contributed by atoms with van der Waals surface area (Å²) in [5, 5.41) is 2.74. The summed E-state index contributed by atoms with van der Waals surface area (Å²) in [6, 6.07) is 21.4. The zero-order chi connectivity index (χ0) is 14.4. The Hall–Kier alpha value is -0.961. The Kier molecular flexibility index (Phi) is 5.23. The summed E-state index contributed by atoms with van der Waals surface area (Å²) in [6.45, 7) is 0. The van der Waals surface area contributed by atoms with Crippen LogP contribution in [0.2, 0.25) is 10.6 Å². The second kappa shape index (κ2) is 7.35. The molecule has 2 aromatic rings. The van der Waals surface area contributed by atoms with Gasteiger partial charge in [0.05, 0.1) is 0 Å². The van der Waals surface area contributed by atoms with Crippen LogP contribution in [0.25, 0.3) is 0 Å². The van der Waals surface area contributed by atoms with Gasteiger partial charge in [0.25, 0.3) is 0 Å². The minimum atomic E-state index is 0.174. The van der Waals surface area contributed by atoms with E-state index in [1.165, 1.54) is 29.0 Å². The van der Waals surface area contributed by atoms with Crippen LogP contribution in [0.4, 0.5) is 0 Å². The fourth-order valence-electron chi connectivity index (χ4n) is 2.32. The molecular weight excluding hydrogens is 386 g/mol. The van der Waals surface area contributed by atoms with Gasteiger partial charge >= 0.3 is 140 Å². The third kappa shape index (κ3) is 3.82. The maximum atomic E-state index is 3.71. The summed E-state index contributed by atoms with van der Waals surface area (Å²) in [6.07, 6.45) is 2.78. The van der Waals surface area contributed by atoms with Crippen molar-refractivity contribution < 1.29 is 0 Å². The molecule has 0 bridgehead atoms. The first-order valence-corrected chi connectivity index (χ1v) is 11.4. The Balaban J connectivity index is 1.99. The number of hydrogen-bond acceptors (Lipinski definition) is 0. The molecule has 0 atom stereocenters. The average molecular weight is 404 g/mol. The molecule has 0 unspecified atom stereocenters. The van der Waals surface area contributed by atoms with Gasteiger partial charge in [0.2, 0.25) is 0 Å². The number of hydrogen-bond donors (Lipinski definition) is 0. The normalized spacial score (nSPS) is 17.3. The van der Waals surface area contributed by atoms with Gasteiger partial charge in [-0.3, -0.25) is 0 Å². The zero-order valence-electron chi connectivity index (χ0n) is 11.9. The molecule has 0 amide bonds. The van der Waals surface area contributed by atoms with Gasteiger partial charge in [-0.15, -0.1) is 0 Å². The van der Waals surface area contributed by atoms with Crippen LogP contribution < -0.4 is 0 Å². The average Bonchev–Trinajstić information content (AvgIpc) is 2.81. The maximum absolute atomic E-state index is 3.71. The standard InChI is InChI=1S/C19H18Se2/c1-3-9-17(10-4-1)13-14-19(18-11-5-2-6-12-18)20-15-7-8-16-21-19/h1-6,9-12H,7-8,15-16H2. The van der Waals surface area contributed by atoms with E-state index in [0.717, 1.165) is 5.56 Å². The quantitative estimate of drug-likeness (QED) is 0.499. The van der Waals surface area contributed by atoms with E-state index in [9.17, 15) is 0 Å². The predicted molar refractivity (Wildman–Crippen MR) is 91.8 cm³/mol. The molecule has 106 valence electrons. The van der Waals surface area contributed by atoms with E-state index < -0.39 is 0 Å². The molecule has 0 aromatic heterocycles. The van der Waals surface area contributed by atoms with Crippen molar-refractivity contribution in [3.05, 3.63) is 71.8 Å². The molecule has 1 aliphatic rings. The molecule has 0 radical (unpaired) electrons. The summed E-state index contributed by atoms with van der Waals surface area (Å²) in [5.41, 5.74) is 2.60. The predicted octanol–water partition coefficient (Wildman–Crippen LogP) is 3.93. The van der Waals surface area contributed by atoms with Crippen molar-refractivity contribution in [3.8, 4) is 11.8 Å². The van der Waals surface area contributed by atoms with Crippen LogP contribution in [0.5, 0.6) is 0 Å². The van der Waals surface area contributed by atoms with Gasteiger partial charge in [-0.25, -0.2) is 0 Å². The van der Waals surface area contributed by atoms with Crippen LogP contribution >= 0.6 is 0 Å². The van der Waals surface area contributed by atoms with Crippen molar-refractivity contribution in [3.63, 3.8) is 0 Å². The van der Waals surface area contributed by atoms with Crippen LogP contribution in [0.15, 0.2) is 60.7 Å². The first-order chi connectivity index (χ1) is 10.4. The van der Waals surface area contributed by atoms with E-state index >= 15 is 0 Å². The van der Waals surface area contributed by atoms with E-state index in [2.05, 4.69) is 72.5 Å². The van der Waals surface area contributed by atoms with Gasteiger partial charge in [-0.05, 0) is 0 Å². The van der Waals surface area contributed by atoms with Crippen molar-refractivity contribution in [2.24, 2.45) is 0 Å². The molecule has 0 spiro atoms. The van der Waals surface area contributed by atoms with Crippen LogP contribution in [-0.2, 0) is 3.21 Å². The summed E-state index contributed by atoms with van der Waals surface area (Å²) in [5.74, 6) is 7.18. The third-order valence-electron chi connectivity index (χ3n) is 3.45. The number of rotatable bonds is 1. The van der Waals surface area contributed by atoms with E-state index in [0.29, 0.717) is 29.9 Å². The summed E-state index contributed by atoms with van der Waals surface area (Å²) < 4.78 is 0.174. The Bertz CT molecular complexity index is 615. The molecular formula is C19H18Se2. The molecule has 3 rings (SSSR count). The fourth-order valence-corrected chi connectivity index (χ4v) is 9.68. The summed E-state index contributed by atoms with van der Waals surface area (Å²) in [7, 11) is 0. The van der Waals surface area contributed by atoms with Crippen LogP contribution in [0, 0.1) is 11.8 Å². The van der Waals surface area contributed by atoms with E-state index in [1.807, 2.05) is 0 Å². The molecule has 0 saturated carbocycles. The van der Waals surface area contributed by atoms with Gasteiger partial charge in [0.1, 0.15) is 0 Å². The van der Waals surface area contributed by atoms with Gasteiger partial charge in [0.15, 0.2) is 0 Å². The van der Waals surface area contributed by atoms with Crippen LogP contribution in [-0.4, -0.2) is 29.9 Å². The van der Waals surface area contributed by atoms with Crippen LogP contribution in [0.3, 0.4) is 0 Å². The molecule has 2 heteroatoms. The van der Waals surface area contributed by atoms with Gasteiger partial charge in [0, 0.05) is 0 Å². The van der Waals surface area contributed by atoms with Crippen molar-refractivity contribution in [1.29, 1.82) is 0 Å². The minimum absolute atomic E-state index is 0.174. The second-order valence-electron chi connectivity index (χ2n) is 5.00. The molecule has 21 heavy (non-hydrogen) atoms. The summed E-state index contributed by atoms with van der Waals surface area (Å²) in [4.78, 5) is 0. The van der Waals surface area contributed by atoms with E-state index in [4.69, 9.17) is 0 Å². The Morgan fingerprint density at radius 1 is 0.762 bits per heavy atom. The molecule has 1 heterocycles. The third-order valence-corrected chi connectivity index (χ3v) is 11.2. The van der Waals surface area contributed by atoms with Crippen LogP contribution in [0.1, 0.15) is 24.0 Å². The van der Waals surface area contributed by atoms with E-state index in [1.54, 1.807) is 0 Å². The van der Waals surface area contributed by atoms with Gasteiger partial charge in [-0.2, -0.15) is 0 Å². The Morgan fingerprint density at radius 3 is 1.95 bits per heavy atom. The fraction of sp³-hybridized carbons (Fsp3) is 0.263. The summed E-state index contributed by atoms with van der Waals surface area (Å²) >= 11 is 1.18. The SMILES string of the molecule is C(#CC1(c2ccccc2)[Se]CCCC[Se]1)c1ccccc1. The van der Waals surface area contributed by atoms with Crippen molar-refractivity contribution in [2.45, 2.75) is 26.7 Å². The first kappa shape index (κ1) is 15.0. The Morgan fingerprint density at radius 2 is 1.33 bits per heavy atom. The molecule has 2 aromatic carbocycles. The van der Waals surface area contributed by atoms with E-state index in [-0.39, 0.29) is 3.21 Å². The second-order valence-corrected chi connectivity index (χ2v) is 11.8. The zero-order valence-corrected chi connectivity index (χ0v) is 15.3.